The first kappa shape index (κ1) is 12.6. The van der Waals surface area contributed by atoms with Gasteiger partial charge in [0, 0.05) is 12.2 Å². The van der Waals surface area contributed by atoms with Gasteiger partial charge in [0.2, 0.25) is 0 Å². The lowest BCUT2D eigenvalue weighted by atomic mass is 10.1. The average molecular weight is 221 g/mol. The van der Waals surface area contributed by atoms with E-state index < -0.39 is 12.0 Å². The molecule has 0 saturated heterocycles. The van der Waals surface area contributed by atoms with Gasteiger partial charge in [0.25, 0.3) is 0 Å². The van der Waals surface area contributed by atoms with Crippen LogP contribution >= 0.6 is 0 Å². The SMILES string of the molecule is CCc1ccc(N(CC)[C@@H](C)C(=O)O)cc1. The van der Waals surface area contributed by atoms with Crippen LogP contribution in [0.5, 0.6) is 0 Å². The van der Waals surface area contributed by atoms with Gasteiger partial charge in [0.15, 0.2) is 0 Å². The zero-order chi connectivity index (χ0) is 12.1. The van der Waals surface area contributed by atoms with Crippen molar-refractivity contribution in [3.05, 3.63) is 29.8 Å². The van der Waals surface area contributed by atoms with Gasteiger partial charge < -0.3 is 10.0 Å². The minimum atomic E-state index is -0.790. The molecule has 0 aromatic heterocycles. The van der Waals surface area contributed by atoms with E-state index in [9.17, 15) is 4.79 Å². The summed E-state index contributed by atoms with van der Waals surface area (Å²) in [4.78, 5) is 12.8. The summed E-state index contributed by atoms with van der Waals surface area (Å²) in [5, 5.41) is 9.00. The molecule has 0 unspecified atom stereocenters. The number of carboxylic acids is 1. The second kappa shape index (κ2) is 5.54. The predicted molar refractivity (Wildman–Crippen MR) is 65.9 cm³/mol. The van der Waals surface area contributed by atoms with E-state index in [1.165, 1.54) is 5.56 Å². The van der Waals surface area contributed by atoms with E-state index in [2.05, 4.69) is 6.92 Å². The average Bonchev–Trinajstić information content (AvgIpc) is 2.30. The predicted octanol–water partition coefficient (Wildman–Crippen LogP) is 2.55. The summed E-state index contributed by atoms with van der Waals surface area (Å²) in [6.07, 6.45) is 1.00. The van der Waals surface area contributed by atoms with Crippen molar-refractivity contribution >= 4 is 11.7 Å². The van der Waals surface area contributed by atoms with E-state index in [0.29, 0.717) is 6.54 Å². The molecule has 0 amide bonds. The fourth-order valence-electron chi connectivity index (χ4n) is 1.74. The summed E-state index contributed by atoms with van der Waals surface area (Å²) < 4.78 is 0. The molecule has 0 radical (unpaired) electrons. The number of anilines is 1. The second-order valence-corrected chi connectivity index (χ2v) is 3.82. The van der Waals surface area contributed by atoms with Gasteiger partial charge in [-0.2, -0.15) is 0 Å². The van der Waals surface area contributed by atoms with E-state index in [1.54, 1.807) is 6.92 Å². The van der Waals surface area contributed by atoms with Gasteiger partial charge in [-0.05, 0) is 38.0 Å². The molecule has 0 aliphatic heterocycles. The van der Waals surface area contributed by atoms with Crippen molar-refractivity contribution < 1.29 is 9.90 Å². The van der Waals surface area contributed by atoms with Crippen molar-refractivity contribution in [3.63, 3.8) is 0 Å². The highest BCUT2D eigenvalue weighted by molar-refractivity contribution is 5.77. The number of carboxylic acid groups (broad SMARTS) is 1. The molecule has 1 rings (SSSR count). The van der Waals surface area contributed by atoms with E-state index >= 15 is 0 Å². The summed E-state index contributed by atoms with van der Waals surface area (Å²) in [5.41, 5.74) is 2.23. The highest BCUT2D eigenvalue weighted by Gasteiger charge is 2.19. The third kappa shape index (κ3) is 2.75. The van der Waals surface area contributed by atoms with Crippen LogP contribution in [0, 0.1) is 0 Å². The Kier molecular flexibility index (Phi) is 4.35. The highest BCUT2D eigenvalue weighted by atomic mass is 16.4. The van der Waals surface area contributed by atoms with E-state index in [0.717, 1.165) is 12.1 Å². The topological polar surface area (TPSA) is 40.5 Å². The fourth-order valence-corrected chi connectivity index (χ4v) is 1.74. The molecular formula is C13H19NO2. The molecule has 3 nitrogen and oxygen atoms in total. The number of benzene rings is 1. The zero-order valence-electron chi connectivity index (χ0n) is 10.1. The summed E-state index contributed by atoms with van der Waals surface area (Å²) in [5.74, 6) is -0.790. The molecule has 1 aromatic carbocycles. The maximum absolute atomic E-state index is 11.0. The minimum absolute atomic E-state index is 0.488. The third-order valence-corrected chi connectivity index (χ3v) is 2.84. The Morgan fingerprint density at radius 3 is 2.25 bits per heavy atom. The van der Waals surface area contributed by atoms with Gasteiger partial charge in [-0.3, -0.25) is 0 Å². The van der Waals surface area contributed by atoms with E-state index in [4.69, 9.17) is 5.11 Å². The highest BCUT2D eigenvalue weighted by Crippen LogP contribution is 2.18. The van der Waals surface area contributed by atoms with Gasteiger partial charge in [-0.1, -0.05) is 19.1 Å². The molecule has 0 bridgehead atoms. The third-order valence-electron chi connectivity index (χ3n) is 2.84. The van der Waals surface area contributed by atoms with Crippen LogP contribution in [0.15, 0.2) is 24.3 Å². The molecule has 88 valence electrons. The van der Waals surface area contributed by atoms with Crippen LogP contribution in [0.3, 0.4) is 0 Å². The largest absolute Gasteiger partial charge is 0.480 e. The molecule has 3 heteroatoms. The number of aliphatic carboxylic acids is 1. The first-order valence-electron chi connectivity index (χ1n) is 5.68. The number of nitrogens with zero attached hydrogens (tertiary/aromatic N) is 1. The number of hydrogen-bond acceptors (Lipinski definition) is 2. The Bertz CT molecular complexity index is 345. The summed E-state index contributed by atoms with van der Waals surface area (Å²) in [6, 6.07) is 7.58. The van der Waals surface area contributed by atoms with Gasteiger partial charge in [-0.15, -0.1) is 0 Å². The van der Waals surface area contributed by atoms with Gasteiger partial charge in [-0.25, -0.2) is 4.79 Å². The Balaban J connectivity index is 2.90. The number of hydrogen-bond donors (Lipinski definition) is 1. The van der Waals surface area contributed by atoms with Crippen LogP contribution in [-0.4, -0.2) is 23.7 Å². The van der Waals surface area contributed by atoms with Crippen molar-refractivity contribution in [2.75, 3.05) is 11.4 Å². The second-order valence-electron chi connectivity index (χ2n) is 3.82. The zero-order valence-corrected chi connectivity index (χ0v) is 10.1. The molecule has 0 saturated carbocycles. The maximum atomic E-state index is 11.0. The smallest absolute Gasteiger partial charge is 0.326 e. The first-order valence-corrected chi connectivity index (χ1v) is 5.68. The Morgan fingerprint density at radius 2 is 1.88 bits per heavy atom. The maximum Gasteiger partial charge on any atom is 0.326 e. The van der Waals surface area contributed by atoms with E-state index in [-0.39, 0.29) is 0 Å². The molecule has 1 atom stereocenters. The van der Waals surface area contributed by atoms with Crippen LogP contribution in [0.4, 0.5) is 5.69 Å². The van der Waals surface area contributed by atoms with Crippen LogP contribution in [0.25, 0.3) is 0 Å². The molecule has 1 N–H and O–H groups in total. The molecule has 0 aliphatic carbocycles. The molecule has 0 spiro atoms. The van der Waals surface area contributed by atoms with Crippen LogP contribution in [0.1, 0.15) is 26.3 Å². The number of carbonyl (C=O) groups is 1. The van der Waals surface area contributed by atoms with Crippen molar-refractivity contribution in [1.82, 2.24) is 0 Å². The van der Waals surface area contributed by atoms with Crippen molar-refractivity contribution in [1.29, 1.82) is 0 Å². The fraction of sp³-hybridized carbons (Fsp3) is 0.462. The molecule has 0 fully saturated rings. The number of rotatable bonds is 5. The lowest BCUT2D eigenvalue weighted by molar-refractivity contribution is -0.138. The molecule has 0 heterocycles. The first-order chi connectivity index (χ1) is 7.60. The van der Waals surface area contributed by atoms with E-state index in [1.807, 2.05) is 36.1 Å². The lowest BCUT2D eigenvalue weighted by Gasteiger charge is -2.27. The summed E-state index contributed by atoms with van der Waals surface area (Å²) in [6.45, 7) is 6.47. The quantitative estimate of drug-likeness (QED) is 0.830. The van der Waals surface area contributed by atoms with Crippen molar-refractivity contribution in [2.24, 2.45) is 0 Å². The normalized spacial score (nSPS) is 12.2. The summed E-state index contributed by atoms with van der Waals surface area (Å²) in [7, 11) is 0. The van der Waals surface area contributed by atoms with Crippen molar-refractivity contribution in [3.8, 4) is 0 Å². The Morgan fingerprint density at radius 1 is 1.31 bits per heavy atom. The Hall–Kier alpha value is -1.51. The number of aryl methyl sites for hydroxylation is 1. The minimum Gasteiger partial charge on any atom is -0.480 e. The van der Waals surface area contributed by atoms with Gasteiger partial charge in [0.1, 0.15) is 6.04 Å². The standard InChI is InChI=1S/C13H19NO2/c1-4-11-6-8-12(9-7-11)14(5-2)10(3)13(15)16/h6-10H,4-5H2,1-3H3,(H,15,16)/t10-/m0/s1. The van der Waals surface area contributed by atoms with Crippen LogP contribution < -0.4 is 4.90 Å². The van der Waals surface area contributed by atoms with Gasteiger partial charge in [0.05, 0.1) is 0 Å². The monoisotopic (exact) mass is 221 g/mol. The van der Waals surface area contributed by atoms with Crippen molar-refractivity contribution in [2.45, 2.75) is 33.2 Å². The number of likely N-dealkylation sites (N-methyl/N-ethyl adjacent to an activating group) is 1. The van der Waals surface area contributed by atoms with Crippen LogP contribution in [-0.2, 0) is 11.2 Å². The Labute approximate surface area is 96.7 Å². The molecular weight excluding hydrogens is 202 g/mol. The summed E-state index contributed by atoms with van der Waals surface area (Å²) >= 11 is 0. The lowest BCUT2D eigenvalue weighted by Crippen LogP contribution is -2.38. The molecule has 0 aliphatic rings. The molecule has 1 aromatic rings. The van der Waals surface area contributed by atoms with Gasteiger partial charge >= 0.3 is 5.97 Å². The van der Waals surface area contributed by atoms with Crippen LogP contribution in [0.2, 0.25) is 0 Å². The molecule has 16 heavy (non-hydrogen) atoms.